The van der Waals surface area contributed by atoms with E-state index in [1.807, 2.05) is 0 Å². The Kier molecular flexibility index (Phi) is 6.44. The van der Waals surface area contributed by atoms with Gasteiger partial charge in [-0.2, -0.15) is 11.6 Å². The van der Waals surface area contributed by atoms with Crippen LogP contribution in [-0.4, -0.2) is 36.6 Å². The maximum absolute atomic E-state index is 3.43. The van der Waals surface area contributed by atoms with Crippen LogP contribution >= 0.6 is 0 Å². The number of benzene rings is 2. The van der Waals surface area contributed by atoms with E-state index >= 15 is 0 Å². The van der Waals surface area contributed by atoms with Gasteiger partial charge in [-0.3, -0.25) is 0 Å². The number of hydrogen-bond acceptors (Lipinski definition) is 0. The predicted molar refractivity (Wildman–Crippen MR) is 110 cm³/mol. The van der Waals surface area contributed by atoms with E-state index in [-0.39, 0.29) is 31.5 Å². The zero-order valence-electron chi connectivity index (χ0n) is 15.0. The van der Waals surface area contributed by atoms with Crippen LogP contribution in [0.3, 0.4) is 0 Å². The van der Waals surface area contributed by atoms with Crippen molar-refractivity contribution in [2.24, 2.45) is 0 Å². The van der Waals surface area contributed by atoms with Crippen molar-refractivity contribution in [3.05, 3.63) is 89.0 Å². The Labute approximate surface area is 163 Å². The van der Waals surface area contributed by atoms with E-state index in [4.69, 9.17) is 0 Å². The second-order valence-corrected chi connectivity index (χ2v) is 8.83. The van der Waals surface area contributed by atoms with Crippen LogP contribution in [-0.2, 0) is 0 Å². The third-order valence-electron chi connectivity index (χ3n) is 4.16. The second kappa shape index (κ2) is 8.15. The molecule has 0 aliphatic heterocycles. The Morgan fingerprint density at radius 1 is 0.917 bits per heavy atom. The van der Waals surface area contributed by atoms with Crippen molar-refractivity contribution in [3.63, 3.8) is 0 Å². The molecule has 1 aliphatic rings. The molecule has 0 nitrogen and oxygen atoms in total. The molecule has 0 saturated heterocycles. The molecule has 0 atom stereocenters. The zero-order valence-corrected chi connectivity index (χ0v) is 17.4. The number of allylic oxidation sites excluding steroid dienone is 1. The van der Waals surface area contributed by atoms with E-state index < -0.39 is 0 Å². The Balaban J connectivity index is 0.000000172. The standard InChI is InChI=1S/C12H13Si.C10H9.Mg/c1-9-8-10-6-4-5-7-11(10)12(9)13(2)3;1-8-6-9-4-2-3-5-10(9)7-8;/h4-7H,1-3H3;2-7H,1H3;/q2*-1;+2. The minimum Gasteiger partial charge on any atom is -0.165 e. The van der Waals surface area contributed by atoms with Crippen molar-refractivity contribution in [1.29, 1.82) is 0 Å². The fraction of sp³-hybridized carbons (Fsp3) is 0.182. The Morgan fingerprint density at radius 3 is 2.29 bits per heavy atom. The van der Waals surface area contributed by atoms with Crippen LogP contribution in [0.15, 0.2) is 66.2 Å². The first kappa shape index (κ1) is 19.0. The first-order valence-electron chi connectivity index (χ1n) is 8.06. The van der Waals surface area contributed by atoms with Gasteiger partial charge in [-0.1, -0.05) is 39.1 Å². The van der Waals surface area contributed by atoms with E-state index in [1.165, 1.54) is 33.0 Å². The normalized spacial score (nSPS) is 12.0. The average Bonchev–Trinajstić information content (AvgIpc) is 3.05. The van der Waals surface area contributed by atoms with Gasteiger partial charge in [-0.25, -0.2) is 0 Å². The van der Waals surface area contributed by atoms with Crippen molar-refractivity contribution in [2.45, 2.75) is 26.9 Å². The summed E-state index contributed by atoms with van der Waals surface area (Å²) in [6.07, 6.45) is 3.43. The van der Waals surface area contributed by atoms with Crippen LogP contribution in [0.2, 0.25) is 13.1 Å². The second-order valence-electron chi connectivity index (χ2n) is 6.33. The maximum atomic E-state index is 3.43. The number of fused-ring (bicyclic) bond motifs is 2. The van der Waals surface area contributed by atoms with Crippen molar-refractivity contribution in [3.8, 4) is 0 Å². The molecule has 0 spiro atoms. The summed E-state index contributed by atoms with van der Waals surface area (Å²) in [6, 6.07) is 21.4. The van der Waals surface area contributed by atoms with Crippen LogP contribution in [0.5, 0.6) is 0 Å². The van der Waals surface area contributed by atoms with Gasteiger partial charge in [0.25, 0.3) is 0 Å². The monoisotopic (exact) mass is 338 g/mol. The molecule has 2 heteroatoms. The van der Waals surface area contributed by atoms with Gasteiger partial charge in [0.05, 0.1) is 0 Å². The summed E-state index contributed by atoms with van der Waals surface area (Å²) in [7, 11) is -0.356. The fourth-order valence-electron chi connectivity index (χ4n) is 3.23. The minimum atomic E-state index is -0.356. The molecule has 0 N–H and O–H groups in total. The summed E-state index contributed by atoms with van der Waals surface area (Å²) >= 11 is 0. The molecule has 24 heavy (non-hydrogen) atoms. The van der Waals surface area contributed by atoms with Gasteiger partial charge in [0.1, 0.15) is 0 Å². The molecule has 0 unspecified atom stereocenters. The molecule has 0 amide bonds. The maximum Gasteiger partial charge on any atom is 2.00 e. The number of hydrogen-bond donors (Lipinski definition) is 0. The third-order valence-corrected chi connectivity index (χ3v) is 5.80. The molecule has 116 valence electrons. The molecule has 1 aliphatic carbocycles. The zero-order chi connectivity index (χ0) is 16.4. The summed E-state index contributed by atoms with van der Waals surface area (Å²) < 4.78 is 0. The summed E-state index contributed by atoms with van der Waals surface area (Å²) in [5.41, 5.74) is 5.39. The predicted octanol–water partition coefficient (Wildman–Crippen LogP) is 5.14. The molecule has 0 aromatic heterocycles. The number of rotatable bonds is 0. The molecule has 3 aromatic carbocycles. The Bertz CT molecular complexity index is 875. The van der Waals surface area contributed by atoms with Crippen LogP contribution in [0, 0.1) is 13.0 Å². The van der Waals surface area contributed by atoms with Gasteiger partial charge in [-0.05, 0) is 8.41 Å². The molecule has 0 radical (unpaired) electrons. The number of aryl methyl sites for hydroxylation is 1. The molecular weight excluding hydrogens is 317 g/mol. The van der Waals surface area contributed by atoms with Gasteiger partial charge in [-0.15, -0.1) is 81.2 Å². The summed E-state index contributed by atoms with van der Waals surface area (Å²) in [5, 5.41) is 4.25. The molecule has 4 rings (SSSR count). The molecule has 0 bridgehead atoms. The van der Waals surface area contributed by atoms with Gasteiger partial charge >= 0.3 is 23.1 Å². The van der Waals surface area contributed by atoms with Crippen molar-refractivity contribution >= 4 is 47.4 Å². The largest absolute Gasteiger partial charge is 2.00 e. The van der Waals surface area contributed by atoms with Gasteiger partial charge in [0.15, 0.2) is 0 Å². The van der Waals surface area contributed by atoms with Gasteiger partial charge < -0.3 is 0 Å². The van der Waals surface area contributed by atoms with Gasteiger partial charge in [0, 0.05) is 0 Å². The first-order chi connectivity index (χ1) is 11.1. The van der Waals surface area contributed by atoms with Crippen LogP contribution in [0.1, 0.15) is 23.6 Å². The third kappa shape index (κ3) is 4.00. The summed E-state index contributed by atoms with van der Waals surface area (Å²) in [5.74, 6) is 0. The van der Waals surface area contributed by atoms with Crippen LogP contribution in [0.4, 0.5) is 0 Å². The smallest absolute Gasteiger partial charge is 0.165 e. The molecule has 0 heterocycles. The Hall–Kier alpha value is -1.36. The SMILES string of the molecule is CC1=[C-]c2ccccc2C1=[Si](C)C.Cc1cc2ccccc2[cH-]1.[Mg+2]. The molecule has 0 saturated carbocycles. The summed E-state index contributed by atoms with van der Waals surface area (Å²) in [6.45, 7) is 8.98. The van der Waals surface area contributed by atoms with E-state index in [1.54, 1.807) is 5.17 Å². The van der Waals surface area contributed by atoms with Crippen molar-refractivity contribution in [1.82, 2.24) is 0 Å². The average molecular weight is 339 g/mol. The Morgan fingerprint density at radius 2 is 1.58 bits per heavy atom. The van der Waals surface area contributed by atoms with Crippen LogP contribution < -0.4 is 0 Å². The first-order valence-corrected chi connectivity index (χ1v) is 10.6. The van der Waals surface area contributed by atoms with E-state index in [0.717, 1.165) is 0 Å². The van der Waals surface area contributed by atoms with E-state index in [2.05, 4.69) is 93.7 Å². The topological polar surface area (TPSA) is 0 Å². The van der Waals surface area contributed by atoms with Gasteiger partial charge in [0.2, 0.25) is 0 Å². The quantitative estimate of drug-likeness (QED) is 0.393. The van der Waals surface area contributed by atoms with E-state index in [0.29, 0.717) is 0 Å². The fourth-order valence-corrected chi connectivity index (χ4v) is 4.80. The summed E-state index contributed by atoms with van der Waals surface area (Å²) in [4.78, 5) is 0. The molecule has 0 fully saturated rings. The van der Waals surface area contributed by atoms with Crippen molar-refractivity contribution in [2.75, 3.05) is 0 Å². The molecule has 3 aromatic rings. The van der Waals surface area contributed by atoms with Crippen molar-refractivity contribution < 1.29 is 0 Å². The molecular formula is C22H22MgSi. The minimum absolute atomic E-state index is 0. The van der Waals surface area contributed by atoms with Crippen LogP contribution in [0.25, 0.3) is 10.8 Å². The van der Waals surface area contributed by atoms with E-state index in [9.17, 15) is 0 Å².